The van der Waals surface area contributed by atoms with Crippen molar-refractivity contribution in [3.05, 3.63) is 69.7 Å². The Balaban J connectivity index is 2.21. The number of halogens is 2. The summed E-state index contributed by atoms with van der Waals surface area (Å²) in [5.41, 5.74) is 2.37. The predicted octanol–water partition coefficient (Wildman–Crippen LogP) is 6.04. The largest absolute Gasteiger partial charge is 0.303 e. The summed E-state index contributed by atoms with van der Waals surface area (Å²) in [4.78, 5) is 0. The molecule has 1 N–H and O–H groups in total. The molecule has 2 rings (SSSR count). The molecule has 2 unspecified atom stereocenters. The van der Waals surface area contributed by atoms with Crippen LogP contribution in [0.2, 0.25) is 10.0 Å². The summed E-state index contributed by atoms with van der Waals surface area (Å²) in [6.45, 7) is 6.58. The lowest BCUT2D eigenvalue weighted by molar-refractivity contribution is 0.374. The Hall–Kier alpha value is -1.02. The maximum Gasteiger partial charge on any atom is 0.0468 e. The third-order valence-electron chi connectivity index (χ3n) is 3.68. The van der Waals surface area contributed by atoms with Crippen LogP contribution in [0.25, 0.3) is 0 Å². The zero-order valence-electron chi connectivity index (χ0n) is 12.6. The van der Waals surface area contributed by atoms with Crippen molar-refractivity contribution in [2.75, 3.05) is 0 Å². The molecule has 0 amide bonds. The monoisotopic (exact) mass is 321 g/mol. The van der Waals surface area contributed by atoms with Crippen molar-refractivity contribution >= 4 is 23.2 Å². The summed E-state index contributed by atoms with van der Waals surface area (Å²) in [7, 11) is 0. The Morgan fingerprint density at radius 1 is 0.905 bits per heavy atom. The maximum absolute atomic E-state index is 6.31. The fraction of sp³-hybridized carbons (Fsp3) is 0.333. The maximum atomic E-state index is 6.31. The number of hydrogen-bond donors (Lipinski definition) is 1. The Morgan fingerprint density at radius 2 is 1.57 bits per heavy atom. The normalized spacial score (nSPS) is 14.2. The molecule has 0 aliphatic rings. The van der Waals surface area contributed by atoms with Gasteiger partial charge in [0, 0.05) is 22.1 Å². The lowest BCUT2D eigenvalue weighted by atomic mass is 9.94. The van der Waals surface area contributed by atoms with Gasteiger partial charge in [0.15, 0.2) is 0 Å². The predicted molar refractivity (Wildman–Crippen MR) is 92.0 cm³/mol. The fourth-order valence-corrected chi connectivity index (χ4v) is 3.12. The van der Waals surface area contributed by atoms with Crippen molar-refractivity contribution in [2.45, 2.75) is 32.9 Å². The van der Waals surface area contributed by atoms with Crippen molar-refractivity contribution in [1.82, 2.24) is 5.32 Å². The van der Waals surface area contributed by atoms with Crippen molar-refractivity contribution in [2.24, 2.45) is 5.92 Å². The van der Waals surface area contributed by atoms with E-state index in [9.17, 15) is 0 Å². The molecule has 0 aromatic heterocycles. The van der Waals surface area contributed by atoms with Crippen LogP contribution in [-0.4, -0.2) is 0 Å². The van der Waals surface area contributed by atoms with Gasteiger partial charge in [-0.15, -0.1) is 0 Å². The molecule has 0 saturated heterocycles. The van der Waals surface area contributed by atoms with E-state index in [1.807, 2.05) is 18.2 Å². The molecule has 0 spiro atoms. The zero-order chi connectivity index (χ0) is 15.4. The van der Waals surface area contributed by atoms with E-state index in [0.29, 0.717) is 16.0 Å². The van der Waals surface area contributed by atoms with Crippen molar-refractivity contribution in [1.29, 1.82) is 0 Å². The van der Waals surface area contributed by atoms with E-state index in [-0.39, 0.29) is 12.1 Å². The third-order valence-corrected chi connectivity index (χ3v) is 4.25. The molecular formula is C18H21Cl2N. The average Bonchev–Trinajstić information content (AvgIpc) is 2.45. The van der Waals surface area contributed by atoms with Crippen molar-refractivity contribution < 1.29 is 0 Å². The van der Waals surface area contributed by atoms with Crippen molar-refractivity contribution in [3.8, 4) is 0 Å². The van der Waals surface area contributed by atoms with Gasteiger partial charge in [0.1, 0.15) is 0 Å². The smallest absolute Gasteiger partial charge is 0.0468 e. The van der Waals surface area contributed by atoms with E-state index in [4.69, 9.17) is 23.2 Å². The molecule has 1 nitrogen and oxygen atoms in total. The van der Waals surface area contributed by atoms with Gasteiger partial charge in [0.25, 0.3) is 0 Å². The van der Waals surface area contributed by atoms with Gasteiger partial charge in [0.05, 0.1) is 0 Å². The first-order chi connectivity index (χ1) is 9.99. The Labute approximate surface area is 137 Å². The van der Waals surface area contributed by atoms with Crippen LogP contribution in [-0.2, 0) is 0 Å². The molecule has 21 heavy (non-hydrogen) atoms. The average molecular weight is 322 g/mol. The van der Waals surface area contributed by atoms with Gasteiger partial charge in [-0.25, -0.2) is 0 Å². The van der Waals surface area contributed by atoms with Gasteiger partial charge in [-0.1, -0.05) is 73.4 Å². The van der Waals surface area contributed by atoms with E-state index >= 15 is 0 Å². The lowest BCUT2D eigenvalue weighted by Gasteiger charge is -2.27. The molecule has 112 valence electrons. The first kappa shape index (κ1) is 16.4. The Morgan fingerprint density at radius 3 is 2.14 bits per heavy atom. The number of hydrogen-bond acceptors (Lipinski definition) is 1. The zero-order valence-corrected chi connectivity index (χ0v) is 14.1. The number of benzene rings is 2. The third kappa shape index (κ3) is 4.23. The van der Waals surface area contributed by atoms with Gasteiger partial charge in [-0.05, 0) is 36.1 Å². The highest BCUT2D eigenvalue weighted by atomic mass is 35.5. The second-order valence-electron chi connectivity index (χ2n) is 5.69. The molecule has 2 atom stereocenters. The Kier molecular flexibility index (Phi) is 5.69. The summed E-state index contributed by atoms with van der Waals surface area (Å²) in [6.07, 6.45) is 0. The highest BCUT2D eigenvalue weighted by Crippen LogP contribution is 2.30. The van der Waals surface area contributed by atoms with Crippen LogP contribution in [0.15, 0.2) is 48.5 Å². The second-order valence-corrected chi connectivity index (χ2v) is 6.53. The molecule has 0 aliphatic heterocycles. The molecule has 0 aliphatic carbocycles. The first-order valence-electron chi connectivity index (χ1n) is 7.25. The minimum Gasteiger partial charge on any atom is -0.303 e. The molecule has 0 heterocycles. The van der Waals surface area contributed by atoms with Gasteiger partial charge in [-0.2, -0.15) is 0 Å². The van der Waals surface area contributed by atoms with Crippen molar-refractivity contribution in [3.63, 3.8) is 0 Å². The summed E-state index contributed by atoms with van der Waals surface area (Å²) in [5, 5.41) is 5.05. The van der Waals surface area contributed by atoms with Gasteiger partial charge in [-0.3, -0.25) is 0 Å². The standard InChI is InChI=1S/C18H21Cl2N/c1-12(2)18(14-7-5-4-6-8-14)21-13(3)16-10-9-15(19)11-17(16)20/h4-13,18,21H,1-3H3. The van der Waals surface area contributed by atoms with E-state index in [1.165, 1.54) is 5.56 Å². The molecule has 0 fully saturated rings. The van der Waals surface area contributed by atoms with Crippen LogP contribution in [0.5, 0.6) is 0 Å². The van der Waals surface area contributed by atoms with Crippen LogP contribution in [0.3, 0.4) is 0 Å². The highest BCUT2D eigenvalue weighted by Gasteiger charge is 2.19. The molecule has 2 aromatic carbocycles. The summed E-state index contributed by atoms with van der Waals surface area (Å²) in [6, 6.07) is 16.6. The number of nitrogens with one attached hydrogen (secondary N) is 1. The second kappa shape index (κ2) is 7.31. The molecular weight excluding hydrogens is 301 g/mol. The SMILES string of the molecule is CC(NC(c1ccccc1)C(C)C)c1ccc(Cl)cc1Cl. The Bertz CT molecular complexity index is 581. The van der Waals surface area contributed by atoms with Crippen LogP contribution < -0.4 is 5.32 Å². The van der Waals surface area contributed by atoms with E-state index in [1.54, 1.807) is 6.07 Å². The topological polar surface area (TPSA) is 12.0 Å². The van der Waals surface area contributed by atoms with Crippen LogP contribution in [0, 0.1) is 5.92 Å². The van der Waals surface area contributed by atoms with Crippen LogP contribution in [0.4, 0.5) is 0 Å². The molecule has 3 heteroatoms. The van der Waals surface area contributed by atoms with Crippen LogP contribution >= 0.6 is 23.2 Å². The van der Waals surface area contributed by atoms with E-state index in [2.05, 4.69) is 50.4 Å². The summed E-state index contributed by atoms with van der Waals surface area (Å²) < 4.78 is 0. The molecule has 0 bridgehead atoms. The summed E-state index contributed by atoms with van der Waals surface area (Å²) in [5.74, 6) is 0.487. The minimum atomic E-state index is 0.155. The van der Waals surface area contributed by atoms with Gasteiger partial charge in [0.2, 0.25) is 0 Å². The van der Waals surface area contributed by atoms with Gasteiger partial charge >= 0.3 is 0 Å². The number of rotatable bonds is 5. The summed E-state index contributed by atoms with van der Waals surface area (Å²) >= 11 is 12.3. The van der Waals surface area contributed by atoms with E-state index < -0.39 is 0 Å². The van der Waals surface area contributed by atoms with Gasteiger partial charge < -0.3 is 5.32 Å². The highest BCUT2D eigenvalue weighted by molar-refractivity contribution is 6.35. The minimum absolute atomic E-state index is 0.155. The molecule has 0 saturated carbocycles. The van der Waals surface area contributed by atoms with Crippen LogP contribution in [0.1, 0.15) is 44.0 Å². The molecule has 0 radical (unpaired) electrons. The first-order valence-corrected chi connectivity index (χ1v) is 8.00. The quantitative estimate of drug-likeness (QED) is 0.707. The fourth-order valence-electron chi connectivity index (χ4n) is 2.55. The lowest BCUT2D eigenvalue weighted by Crippen LogP contribution is -2.28. The molecule has 2 aromatic rings. The van der Waals surface area contributed by atoms with E-state index in [0.717, 1.165) is 5.56 Å².